The van der Waals surface area contributed by atoms with Crippen molar-refractivity contribution in [3.05, 3.63) is 27.8 Å². The minimum atomic E-state index is -3.35. The number of sulfone groups is 1. The van der Waals surface area contributed by atoms with E-state index in [4.69, 9.17) is 4.52 Å². The smallest absolute Gasteiger partial charge is 0.229 e. The number of rotatable bonds is 5. The van der Waals surface area contributed by atoms with Crippen LogP contribution in [-0.2, 0) is 26.8 Å². The van der Waals surface area contributed by atoms with E-state index >= 15 is 0 Å². The number of hydrogen-bond donors (Lipinski definition) is 0. The normalized spacial score (nSPS) is 16.1. The van der Waals surface area contributed by atoms with Crippen molar-refractivity contribution in [1.82, 2.24) is 15.1 Å². The van der Waals surface area contributed by atoms with E-state index in [2.05, 4.69) is 35.9 Å². The van der Waals surface area contributed by atoms with Crippen LogP contribution in [0, 0.1) is 0 Å². The highest BCUT2D eigenvalue weighted by Gasteiger charge is 2.30. The molecule has 0 radical (unpaired) electrons. The molecule has 1 saturated carbocycles. The first kappa shape index (κ1) is 15.6. The van der Waals surface area contributed by atoms with Gasteiger partial charge in [0.05, 0.1) is 16.5 Å². The van der Waals surface area contributed by atoms with Crippen LogP contribution in [0.15, 0.2) is 9.90 Å². The average Bonchev–Trinajstić information content (AvgIpc) is 2.95. The maximum atomic E-state index is 12.3. The molecule has 2 aromatic rings. The summed E-state index contributed by atoms with van der Waals surface area (Å²) < 4.78 is 29.6. The molecular weight excluding hydrogens is 322 g/mol. The summed E-state index contributed by atoms with van der Waals surface area (Å²) in [4.78, 5) is 8.60. The molecule has 8 heteroatoms. The van der Waals surface area contributed by atoms with Crippen LogP contribution in [0.1, 0.15) is 61.9 Å². The summed E-state index contributed by atoms with van der Waals surface area (Å²) in [7, 11) is -3.35. The lowest BCUT2D eigenvalue weighted by Gasteiger charge is -2.13. The molecule has 0 bridgehead atoms. The first-order chi connectivity index (χ1) is 10.2. The highest BCUT2D eigenvalue weighted by Crippen LogP contribution is 2.38. The van der Waals surface area contributed by atoms with Gasteiger partial charge in [-0.25, -0.2) is 13.4 Å². The molecule has 0 aromatic carbocycles. The second-order valence-corrected chi connectivity index (χ2v) is 9.67. The Bertz CT molecular complexity index is 767. The van der Waals surface area contributed by atoms with Gasteiger partial charge in [-0.15, -0.1) is 11.3 Å². The molecule has 2 aromatic heterocycles. The number of thiazole rings is 1. The predicted octanol–water partition coefficient (Wildman–Crippen LogP) is 2.82. The van der Waals surface area contributed by atoms with Gasteiger partial charge in [0.15, 0.2) is 15.7 Å². The molecule has 1 fully saturated rings. The van der Waals surface area contributed by atoms with Gasteiger partial charge in [0.2, 0.25) is 5.89 Å². The van der Waals surface area contributed by atoms with Crippen LogP contribution in [-0.4, -0.2) is 23.5 Å². The molecule has 22 heavy (non-hydrogen) atoms. The molecule has 2 heterocycles. The molecule has 0 atom stereocenters. The van der Waals surface area contributed by atoms with E-state index < -0.39 is 9.84 Å². The Morgan fingerprint density at radius 1 is 1.27 bits per heavy atom. The van der Waals surface area contributed by atoms with Crippen molar-refractivity contribution >= 4 is 21.2 Å². The first-order valence-corrected chi connectivity index (χ1v) is 9.91. The molecule has 0 aliphatic heterocycles. The summed E-state index contributed by atoms with van der Waals surface area (Å²) in [6.07, 6.45) is 2.09. The zero-order valence-corrected chi connectivity index (χ0v) is 14.5. The van der Waals surface area contributed by atoms with Crippen LogP contribution in [0.4, 0.5) is 0 Å². The van der Waals surface area contributed by atoms with E-state index in [1.54, 1.807) is 0 Å². The minimum Gasteiger partial charge on any atom is -0.339 e. The first-order valence-electron chi connectivity index (χ1n) is 7.21. The third kappa shape index (κ3) is 3.73. The SMILES string of the molecule is CC(C)(C)c1nc(CS(=O)(=O)Cc2noc(C3CC3)n2)cs1. The summed E-state index contributed by atoms with van der Waals surface area (Å²) >= 11 is 1.49. The largest absolute Gasteiger partial charge is 0.339 e. The Labute approximate surface area is 133 Å². The lowest BCUT2D eigenvalue weighted by atomic mass is 9.98. The highest BCUT2D eigenvalue weighted by molar-refractivity contribution is 7.89. The Morgan fingerprint density at radius 3 is 2.59 bits per heavy atom. The monoisotopic (exact) mass is 341 g/mol. The Hall–Kier alpha value is -1.28. The van der Waals surface area contributed by atoms with Gasteiger partial charge in [-0.1, -0.05) is 25.9 Å². The molecule has 0 unspecified atom stereocenters. The van der Waals surface area contributed by atoms with Crippen LogP contribution in [0.25, 0.3) is 0 Å². The summed E-state index contributed by atoms with van der Waals surface area (Å²) in [5, 5.41) is 6.51. The van der Waals surface area contributed by atoms with Gasteiger partial charge in [-0.3, -0.25) is 0 Å². The summed E-state index contributed by atoms with van der Waals surface area (Å²) in [6, 6.07) is 0. The van der Waals surface area contributed by atoms with E-state index in [1.807, 2.05) is 5.38 Å². The summed E-state index contributed by atoms with van der Waals surface area (Å²) in [6.45, 7) is 6.18. The fourth-order valence-corrected chi connectivity index (χ4v) is 4.24. The average molecular weight is 341 g/mol. The zero-order valence-electron chi connectivity index (χ0n) is 12.9. The lowest BCUT2D eigenvalue weighted by Crippen LogP contribution is -2.12. The van der Waals surface area contributed by atoms with Crippen LogP contribution in [0.3, 0.4) is 0 Å². The fourth-order valence-electron chi connectivity index (χ4n) is 2.01. The third-order valence-corrected chi connectivity index (χ3v) is 6.07. The minimum absolute atomic E-state index is 0.0699. The van der Waals surface area contributed by atoms with E-state index in [0.29, 0.717) is 17.5 Å². The Balaban J connectivity index is 1.68. The molecule has 0 amide bonds. The quantitative estimate of drug-likeness (QED) is 0.831. The fraction of sp³-hybridized carbons (Fsp3) is 0.643. The van der Waals surface area contributed by atoms with Crippen molar-refractivity contribution in [3.8, 4) is 0 Å². The molecule has 0 N–H and O–H groups in total. The second kappa shape index (κ2) is 5.42. The van der Waals surface area contributed by atoms with Gasteiger partial charge in [-0.2, -0.15) is 4.98 Å². The maximum Gasteiger partial charge on any atom is 0.229 e. The third-order valence-electron chi connectivity index (χ3n) is 3.32. The van der Waals surface area contributed by atoms with Crippen LogP contribution in [0.5, 0.6) is 0 Å². The summed E-state index contributed by atoms with van der Waals surface area (Å²) in [5.41, 5.74) is 0.514. The molecule has 6 nitrogen and oxygen atoms in total. The molecule has 1 aliphatic rings. The van der Waals surface area contributed by atoms with Crippen molar-refractivity contribution in [2.45, 2.75) is 56.5 Å². The van der Waals surface area contributed by atoms with Crippen molar-refractivity contribution < 1.29 is 12.9 Å². The van der Waals surface area contributed by atoms with E-state index in [0.717, 1.165) is 17.8 Å². The van der Waals surface area contributed by atoms with Crippen molar-refractivity contribution in [2.75, 3.05) is 0 Å². The van der Waals surface area contributed by atoms with Crippen molar-refractivity contribution in [3.63, 3.8) is 0 Å². The van der Waals surface area contributed by atoms with Gasteiger partial charge in [0, 0.05) is 16.7 Å². The van der Waals surface area contributed by atoms with Gasteiger partial charge in [-0.05, 0) is 12.8 Å². The molecule has 1 aliphatic carbocycles. The molecule has 0 spiro atoms. The number of nitrogens with zero attached hydrogens (tertiary/aromatic N) is 3. The zero-order chi connectivity index (χ0) is 16.0. The molecular formula is C14H19N3O3S2. The highest BCUT2D eigenvalue weighted by atomic mass is 32.2. The van der Waals surface area contributed by atoms with Crippen LogP contribution >= 0.6 is 11.3 Å². The Kier molecular flexibility index (Phi) is 3.84. The molecule has 0 saturated heterocycles. The standard InChI is InChI=1S/C14H19N3O3S2/c1-14(2,3)13-15-10(6-21-13)7-22(18,19)8-11-16-12(20-17-11)9-4-5-9/h6,9H,4-5,7-8H2,1-3H3. The van der Waals surface area contributed by atoms with Crippen molar-refractivity contribution in [1.29, 1.82) is 0 Å². The van der Waals surface area contributed by atoms with Crippen LogP contribution in [0.2, 0.25) is 0 Å². The topological polar surface area (TPSA) is 86.0 Å². The van der Waals surface area contributed by atoms with Gasteiger partial charge in [0.25, 0.3) is 0 Å². The summed E-state index contributed by atoms with van der Waals surface area (Å²) in [5.74, 6) is 0.845. The van der Waals surface area contributed by atoms with E-state index in [9.17, 15) is 8.42 Å². The van der Waals surface area contributed by atoms with Crippen LogP contribution < -0.4 is 0 Å². The lowest BCUT2D eigenvalue weighted by molar-refractivity contribution is 0.375. The van der Waals surface area contributed by atoms with Gasteiger partial charge >= 0.3 is 0 Å². The number of hydrogen-bond acceptors (Lipinski definition) is 7. The number of aromatic nitrogens is 3. The van der Waals surface area contributed by atoms with E-state index in [1.165, 1.54) is 11.3 Å². The maximum absolute atomic E-state index is 12.3. The second-order valence-electron chi connectivity index (χ2n) is 6.75. The predicted molar refractivity (Wildman–Crippen MR) is 83.4 cm³/mol. The van der Waals surface area contributed by atoms with Gasteiger partial charge < -0.3 is 4.52 Å². The Morgan fingerprint density at radius 2 is 2.00 bits per heavy atom. The van der Waals surface area contributed by atoms with Gasteiger partial charge in [0.1, 0.15) is 5.75 Å². The molecule has 3 rings (SSSR count). The molecule has 120 valence electrons. The van der Waals surface area contributed by atoms with Crippen molar-refractivity contribution in [2.24, 2.45) is 0 Å². The van der Waals surface area contributed by atoms with E-state index in [-0.39, 0.29) is 22.7 Å².